The summed E-state index contributed by atoms with van der Waals surface area (Å²) in [7, 11) is 2.10. The topological polar surface area (TPSA) is 99.2 Å². The Kier molecular flexibility index (Phi) is 8.99. The molecule has 0 radical (unpaired) electrons. The van der Waals surface area contributed by atoms with Gasteiger partial charge in [-0.15, -0.1) is 0 Å². The number of carbonyl (C=O) groups is 3. The van der Waals surface area contributed by atoms with Gasteiger partial charge >= 0.3 is 12.1 Å². The van der Waals surface area contributed by atoms with Gasteiger partial charge in [0.15, 0.2) is 0 Å². The monoisotopic (exact) mass is 555 g/mol. The largest absolute Gasteiger partial charge is 0.481 e. The van der Waals surface area contributed by atoms with Crippen molar-refractivity contribution in [2.24, 2.45) is 0 Å². The van der Waals surface area contributed by atoms with E-state index in [4.69, 9.17) is 4.74 Å². The maximum absolute atomic E-state index is 13.5. The van der Waals surface area contributed by atoms with Crippen LogP contribution in [0.5, 0.6) is 0 Å². The van der Waals surface area contributed by atoms with Crippen molar-refractivity contribution in [3.05, 3.63) is 95.6 Å². The summed E-state index contributed by atoms with van der Waals surface area (Å²) < 4.78 is 5.64. The molecule has 1 atom stereocenters. The number of likely N-dealkylation sites (tertiary alicyclic amines) is 1. The summed E-state index contributed by atoms with van der Waals surface area (Å²) in [6.45, 7) is 2.07. The Morgan fingerprint density at radius 2 is 1.51 bits per heavy atom. The van der Waals surface area contributed by atoms with Gasteiger partial charge in [0.2, 0.25) is 5.91 Å². The summed E-state index contributed by atoms with van der Waals surface area (Å²) in [4.78, 5) is 41.7. The second kappa shape index (κ2) is 13.0. The lowest BCUT2D eigenvalue weighted by Gasteiger charge is -2.38. The smallest absolute Gasteiger partial charge is 0.407 e. The minimum absolute atomic E-state index is 0.00615. The molecule has 1 aliphatic carbocycles. The molecule has 214 valence electrons. The minimum Gasteiger partial charge on any atom is -0.481 e. The van der Waals surface area contributed by atoms with Crippen LogP contribution in [0.25, 0.3) is 11.1 Å². The van der Waals surface area contributed by atoms with Crippen LogP contribution in [-0.2, 0) is 20.9 Å². The van der Waals surface area contributed by atoms with E-state index in [1.165, 1.54) is 5.56 Å². The molecule has 2 amide bonds. The number of carbonyl (C=O) groups excluding carboxylic acids is 2. The van der Waals surface area contributed by atoms with Crippen molar-refractivity contribution < 1.29 is 24.2 Å². The molecule has 5 rings (SSSR count). The van der Waals surface area contributed by atoms with Gasteiger partial charge in [0.1, 0.15) is 12.6 Å². The van der Waals surface area contributed by atoms with Gasteiger partial charge in [0, 0.05) is 38.0 Å². The molecule has 41 heavy (non-hydrogen) atoms. The summed E-state index contributed by atoms with van der Waals surface area (Å²) in [5.74, 6) is -1.38. The molecule has 1 saturated heterocycles. The Morgan fingerprint density at radius 3 is 2.12 bits per heavy atom. The zero-order chi connectivity index (χ0) is 28.8. The van der Waals surface area contributed by atoms with E-state index in [0.29, 0.717) is 19.1 Å². The molecule has 8 heteroatoms. The van der Waals surface area contributed by atoms with Crippen LogP contribution in [0, 0.1) is 0 Å². The fourth-order valence-electron chi connectivity index (χ4n) is 6.06. The summed E-state index contributed by atoms with van der Waals surface area (Å²) in [5.41, 5.74) is 5.70. The Bertz CT molecular complexity index is 1320. The average Bonchev–Trinajstić information content (AvgIpc) is 3.32. The van der Waals surface area contributed by atoms with Gasteiger partial charge in [-0.3, -0.25) is 14.5 Å². The zero-order valence-electron chi connectivity index (χ0n) is 23.4. The second-order valence-electron chi connectivity index (χ2n) is 10.9. The number of fused-ring (bicyclic) bond motifs is 3. The van der Waals surface area contributed by atoms with E-state index in [2.05, 4.69) is 41.5 Å². The maximum Gasteiger partial charge on any atom is 0.407 e. The maximum atomic E-state index is 13.5. The number of nitrogens with zero attached hydrogens (tertiary/aromatic N) is 2. The molecular weight excluding hydrogens is 518 g/mol. The summed E-state index contributed by atoms with van der Waals surface area (Å²) in [5, 5.41) is 11.9. The SMILES string of the molecule is CN(Cc1ccccc1)C1CCN(C(=O)C(CCC(=O)O)NC(=O)OCC2c3ccccc3-c3ccccc32)CC1. The number of hydrogen-bond donors (Lipinski definition) is 2. The minimum atomic E-state index is -1.02. The van der Waals surface area contributed by atoms with E-state index in [0.717, 1.165) is 41.6 Å². The molecule has 8 nitrogen and oxygen atoms in total. The lowest BCUT2D eigenvalue weighted by molar-refractivity contribution is -0.138. The van der Waals surface area contributed by atoms with E-state index in [9.17, 15) is 19.5 Å². The molecule has 1 aliphatic heterocycles. The number of rotatable bonds is 10. The first-order chi connectivity index (χ1) is 19.9. The van der Waals surface area contributed by atoms with Crippen molar-refractivity contribution in [1.82, 2.24) is 15.1 Å². The van der Waals surface area contributed by atoms with Crippen molar-refractivity contribution in [1.29, 1.82) is 0 Å². The van der Waals surface area contributed by atoms with Crippen LogP contribution in [0.2, 0.25) is 0 Å². The van der Waals surface area contributed by atoms with Crippen LogP contribution >= 0.6 is 0 Å². The molecule has 2 N–H and O–H groups in total. The summed E-state index contributed by atoms with van der Waals surface area (Å²) >= 11 is 0. The molecule has 0 bridgehead atoms. The number of aliphatic carboxylic acids is 1. The molecular formula is C33H37N3O5. The molecule has 2 aliphatic rings. The zero-order valence-corrected chi connectivity index (χ0v) is 23.4. The van der Waals surface area contributed by atoms with E-state index in [1.807, 2.05) is 54.6 Å². The summed E-state index contributed by atoms with van der Waals surface area (Å²) in [6, 6.07) is 25.8. The Hall–Kier alpha value is -4.17. The van der Waals surface area contributed by atoms with Gasteiger partial charge in [0.25, 0.3) is 0 Å². The van der Waals surface area contributed by atoms with Gasteiger partial charge in [-0.1, -0.05) is 78.9 Å². The number of carboxylic acids is 1. The number of carboxylic acid groups (broad SMARTS) is 1. The molecule has 0 saturated carbocycles. The van der Waals surface area contributed by atoms with Gasteiger partial charge in [0.05, 0.1) is 0 Å². The van der Waals surface area contributed by atoms with Crippen molar-refractivity contribution in [2.75, 3.05) is 26.7 Å². The predicted octanol–water partition coefficient (Wildman–Crippen LogP) is 4.88. The fraction of sp³-hybridized carbons (Fsp3) is 0.364. The first kappa shape index (κ1) is 28.4. The highest BCUT2D eigenvalue weighted by atomic mass is 16.5. The van der Waals surface area contributed by atoms with Crippen LogP contribution in [0.1, 0.15) is 48.3 Å². The van der Waals surface area contributed by atoms with Crippen molar-refractivity contribution in [2.45, 2.75) is 50.2 Å². The van der Waals surface area contributed by atoms with E-state index in [-0.39, 0.29) is 31.3 Å². The summed E-state index contributed by atoms with van der Waals surface area (Å²) in [6.07, 6.45) is 0.688. The average molecular weight is 556 g/mol. The third-order valence-electron chi connectivity index (χ3n) is 8.26. The molecule has 1 unspecified atom stereocenters. The van der Waals surface area contributed by atoms with E-state index >= 15 is 0 Å². The molecule has 0 spiro atoms. The highest BCUT2D eigenvalue weighted by Gasteiger charge is 2.33. The Balaban J connectivity index is 1.17. The van der Waals surface area contributed by atoms with Crippen LogP contribution in [0.15, 0.2) is 78.9 Å². The van der Waals surface area contributed by atoms with Crippen LogP contribution in [0.4, 0.5) is 4.79 Å². The number of ether oxygens (including phenoxy) is 1. The highest BCUT2D eigenvalue weighted by Crippen LogP contribution is 2.44. The highest BCUT2D eigenvalue weighted by molar-refractivity contribution is 5.86. The van der Waals surface area contributed by atoms with Gasteiger partial charge in [-0.25, -0.2) is 4.79 Å². The number of nitrogens with one attached hydrogen (secondary N) is 1. The standard InChI is InChI=1S/C33H37N3O5/c1-35(21-23-9-3-2-4-10-23)24-17-19-36(20-18-24)32(39)30(15-16-31(37)38)34-33(40)41-22-29-27-13-7-5-11-25(27)26-12-6-8-14-28(26)29/h2-14,24,29-30H,15-22H2,1H3,(H,34,40)(H,37,38). The van der Waals surface area contributed by atoms with Crippen molar-refractivity contribution in [3.8, 4) is 11.1 Å². The van der Waals surface area contributed by atoms with Crippen LogP contribution in [0.3, 0.4) is 0 Å². The van der Waals surface area contributed by atoms with Gasteiger partial charge in [-0.05, 0) is 54.1 Å². The Morgan fingerprint density at radius 1 is 0.927 bits per heavy atom. The van der Waals surface area contributed by atoms with Crippen LogP contribution in [-0.4, -0.2) is 71.7 Å². The fourth-order valence-corrected chi connectivity index (χ4v) is 6.06. The molecule has 3 aromatic carbocycles. The van der Waals surface area contributed by atoms with Crippen LogP contribution < -0.4 is 5.32 Å². The first-order valence-corrected chi connectivity index (χ1v) is 14.3. The molecule has 3 aromatic rings. The number of amides is 2. The van der Waals surface area contributed by atoms with Crippen molar-refractivity contribution >= 4 is 18.0 Å². The lowest BCUT2D eigenvalue weighted by atomic mass is 9.98. The normalized spacial score (nSPS) is 15.7. The number of hydrogen-bond acceptors (Lipinski definition) is 5. The quantitative estimate of drug-likeness (QED) is 0.370. The number of alkyl carbamates (subject to hydrolysis) is 1. The lowest BCUT2D eigenvalue weighted by Crippen LogP contribution is -2.53. The van der Waals surface area contributed by atoms with E-state index < -0.39 is 18.1 Å². The predicted molar refractivity (Wildman–Crippen MR) is 156 cm³/mol. The molecule has 1 heterocycles. The number of benzene rings is 3. The Labute approximate surface area is 240 Å². The number of piperidine rings is 1. The van der Waals surface area contributed by atoms with Crippen molar-refractivity contribution in [3.63, 3.8) is 0 Å². The first-order valence-electron chi connectivity index (χ1n) is 14.3. The third-order valence-corrected chi connectivity index (χ3v) is 8.26. The van der Waals surface area contributed by atoms with Gasteiger partial charge < -0.3 is 20.1 Å². The van der Waals surface area contributed by atoms with Gasteiger partial charge in [-0.2, -0.15) is 0 Å². The molecule has 0 aromatic heterocycles. The molecule has 1 fully saturated rings. The third kappa shape index (κ3) is 6.77. The van der Waals surface area contributed by atoms with E-state index in [1.54, 1.807) is 4.90 Å². The second-order valence-corrected chi connectivity index (χ2v) is 10.9.